The number of hydrogen-bond acceptors (Lipinski definition) is 5. The van der Waals surface area contributed by atoms with Crippen LogP contribution in [0.15, 0.2) is 0 Å². The number of carbonyl (C=O) groups excluding carboxylic acids is 1. The van der Waals surface area contributed by atoms with Crippen molar-refractivity contribution in [2.75, 3.05) is 5.32 Å². The minimum atomic E-state index is -1.000. The van der Waals surface area contributed by atoms with E-state index in [0.29, 0.717) is 16.5 Å². The van der Waals surface area contributed by atoms with Crippen LogP contribution in [-0.4, -0.2) is 21.7 Å². The van der Waals surface area contributed by atoms with Crippen molar-refractivity contribution in [1.82, 2.24) is 10.2 Å². The van der Waals surface area contributed by atoms with Crippen LogP contribution in [-0.2, 0) is 10.4 Å². The number of rotatable bonds is 3. The van der Waals surface area contributed by atoms with Crippen molar-refractivity contribution in [2.24, 2.45) is 0 Å². The van der Waals surface area contributed by atoms with Gasteiger partial charge in [-0.3, -0.25) is 4.79 Å². The van der Waals surface area contributed by atoms with E-state index in [1.54, 1.807) is 13.8 Å². The van der Waals surface area contributed by atoms with Gasteiger partial charge in [0.2, 0.25) is 11.5 Å². The van der Waals surface area contributed by atoms with Crippen LogP contribution in [0.4, 0.5) is 5.13 Å². The Morgan fingerprint density at radius 3 is 2.67 bits per heavy atom. The lowest BCUT2D eigenvalue weighted by molar-refractivity contribution is -0.105. The zero-order chi connectivity index (χ0) is 9.19. The number of hydrogen-bond donors (Lipinski definition) is 2. The van der Waals surface area contributed by atoms with Crippen molar-refractivity contribution in [3.8, 4) is 0 Å². The molecule has 0 atom stereocenters. The summed E-state index contributed by atoms with van der Waals surface area (Å²) in [4.78, 5) is 10.00. The summed E-state index contributed by atoms with van der Waals surface area (Å²) in [6, 6.07) is 0. The van der Waals surface area contributed by atoms with Gasteiger partial charge in [-0.25, -0.2) is 0 Å². The molecule has 1 rings (SSSR count). The van der Waals surface area contributed by atoms with Gasteiger partial charge in [0.05, 0.1) is 0 Å². The molecule has 0 saturated carbocycles. The smallest absolute Gasteiger partial charge is 0.213 e. The Labute approximate surface area is 73.4 Å². The summed E-state index contributed by atoms with van der Waals surface area (Å²) in [6.07, 6.45) is 0.522. The molecule has 0 saturated heterocycles. The number of amides is 1. The van der Waals surface area contributed by atoms with Gasteiger partial charge in [-0.05, 0) is 13.8 Å². The number of aliphatic hydroxyl groups is 1. The summed E-state index contributed by atoms with van der Waals surface area (Å²) in [5.41, 5.74) is -1.000. The molecule has 0 bridgehead atoms. The number of nitrogens with zero attached hydrogens (tertiary/aromatic N) is 2. The van der Waals surface area contributed by atoms with E-state index in [0.717, 1.165) is 11.3 Å². The fourth-order valence-electron chi connectivity index (χ4n) is 0.579. The second kappa shape index (κ2) is 3.16. The Balaban J connectivity index is 2.84. The molecule has 0 aliphatic heterocycles. The fraction of sp³-hybridized carbons (Fsp3) is 0.500. The lowest BCUT2D eigenvalue weighted by Gasteiger charge is -2.10. The first-order chi connectivity index (χ1) is 5.54. The highest BCUT2D eigenvalue weighted by Crippen LogP contribution is 2.25. The van der Waals surface area contributed by atoms with Crippen molar-refractivity contribution < 1.29 is 9.90 Å². The molecule has 1 amide bonds. The third-order valence-corrected chi connectivity index (χ3v) is 2.30. The summed E-state index contributed by atoms with van der Waals surface area (Å²) >= 11 is 1.15. The fourth-order valence-corrected chi connectivity index (χ4v) is 1.28. The van der Waals surface area contributed by atoms with E-state index in [9.17, 15) is 9.90 Å². The molecule has 0 aromatic carbocycles. The van der Waals surface area contributed by atoms with Gasteiger partial charge in [0.15, 0.2) is 0 Å². The Kier molecular flexibility index (Phi) is 2.39. The maximum Gasteiger partial charge on any atom is 0.213 e. The predicted octanol–water partition coefficient (Wildman–Crippen LogP) is 0.334. The van der Waals surface area contributed by atoms with E-state index < -0.39 is 5.60 Å². The van der Waals surface area contributed by atoms with Gasteiger partial charge in [0.25, 0.3) is 0 Å². The Hall–Kier alpha value is -1.01. The minimum absolute atomic E-state index is 0.391. The molecule has 1 heterocycles. The van der Waals surface area contributed by atoms with Crippen molar-refractivity contribution in [3.05, 3.63) is 5.01 Å². The average molecular weight is 187 g/mol. The van der Waals surface area contributed by atoms with Gasteiger partial charge in [-0.2, -0.15) is 0 Å². The van der Waals surface area contributed by atoms with Crippen LogP contribution in [0.2, 0.25) is 0 Å². The number of anilines is 1. The Morgan fingerprint density at radius 1 is 1.58 bits per heavy atom. The van der Waals surface area contributed by atoms with Crippen molar-refractivity contribution >= 4 is 22.9 Å². The molecule has 0 spiro atoms. The topological polar surface area (TPSA) is 75.1 Å². The molecule has 66 valence electrons. The molecule has 1 aromatic rings. The molecule has 2 N–H and O–H groups in total. The van der Waals surface area contributed by atoms with E-state index in [1.165, 1.54) is 0 Å². The maximum atomic E-state index is 10.00. The van der Waals surface area contributed by atoms with Crippen molar-refractivity contribution in [2.45, 2.75) is 19.4 Å². The zero-order valence-electron chi connectivity index (χ0n) is 6.74. The summed E-state index contributed by atoms with van der Waals surface area (Å²) in [7, 11) is 0. The first kappa shape index (κ1) is 9.08. The van der Waals surface area contributed by atoms with E-state index in [-0.39, 0.29) is 0 Å². The second-order valence-corrected chi connectivity index (χ2v) is 3.71. The molecule has 0 radical (unpaired) electrons. The Bertz CT molecular complexity index is 279. The molecule has 5 nitrogen and oxygen atoms in total. The summed E-state index contributed by atoms with van der Waals surface area (Å²) < 4.78 is 0. The molecule has 12 heavy (non-hydrogen) atoms. The van der Waals surface area contributed by atoms with Crippen LogP contribution in [0, 0.1) is 0 Å². The average Bonchev–Trinajstić information content (AvgIpc) is 2.35. The van der Waals surface area contributed by atoms with Crippen LogP contribution in [0.25, 0.3) is 0 Å². The van der Waals surface area contributed by atoms with Crippen LogP contribution in [0.5, 0.6) is 0 Å². The molecule has 0 unspecified atom stereocenters. The van der Waals surface area contributed by atoms with Gasteiger partial charge in [-0.1, -0.05) is 11.3 Å². The SMILES string of the molecule is CC(C)(O)c1nnc(NC=O)s1. The summed E-state index contributed by atoms with van der Waals surface area (Å²) in [6.45, 7) is 3.22. The number of nitrogens with one attached hydrogen (secondary N) is 1. The lowest BCUT2D eigenvalue weighted by Crippen LogP contribution is -2.14. The highest BCUT2D eigenvalue weighted by atomic mass is 32.1. The first-order valence-electron chi connectivity index (χ1n) is 3.30. The standard InChI is InChI=1S/C6H9N3O2S/c1-6(2,11)4-8-9-5(12-4)7-3-10/h3,11H,1-2H3,(H,7,9,10). The lowest BCUT2D eigenvalue weighted by atomic mass is 10.2. The van der Waals surface area contributed by atoms with Crippen molar-refractivity contribution in [3.63, 3.8) is 0 Å². The number of aromatic nitrogens is 2. The predicted molar refractivity (Wildman–Crippen MR) is 44.8 cm³/mol. The van der Waals surface area contributed by atoms with E-state index in [1.807, 2.05) is 0 Å². The molecule has 0 fully saturated rings. The van der Waals surface area contributed by atoms with Gasteiger partial charge in [-0.15, -0.1) is 10.2 Å². The summed E-state index contributed by atoms with van der Waals surface area (Å²) in [5, 5.41) is 20.0. The van der Waals surface area contributed by atoms with Gasteiger partial charge in [0, 0.05) is 0 Å². The van der Waals surface area contributed by atoms with E-state index in [2.05, 4.69) is 15.5 Å². The van der Waals surface area contributed by atoms with Gasteiger partial charge >= 0.3 is 0 Å². The normalized spacial score (nSPS) is 11.2. The molecule has 0 aliphatic rings. The number of carbonyl (C=O) groups is 1. The van der Waals surface area contributed by atoms with E-state index in [4.69, 9.17) is 0 Å². The van der Waals surface area contributed by atoms with Gasteiger partial charge < -0.3 is 10.4 Å². The van der Waals surface area contributed by atoms with Crippen LogP contribution in [0.1, 0.15) is 18.9 Å². The highest BCUT2D eigenvalue weighted by Gasteiger charge is 2.21. The van der Waals surface area contributed by atoms with E-state index >= 15 is 0 Å². The first-order valence-corrected chi connectivity index (χ1v) is 4.12. The molecule has 1 aromatic heterocycles. The van der Waals surface area contributed by atoms with Gasteiger partial charge in [0.1, 0.15) is 10.6 Å². The third-order valence-electron chi connectivity index (χ3n) is 1.13. The Morgan fingerprint density at radius 2 is 2.25 bits per heavy atom. The molecule has 6 heteroatoms. The molecular formula is C6H9N3O2S. The monoisotopic (exact) mass is 187 g/mol. The van der Waals surface area contributed by atoms with Crippen molar-refractivity contribution in [1.29, 1.82) is 0 Å². The zero-order valence-corrected chi connectivity index (χ0v) is 7.55. The minimum Gasteiger partial charge on any atom is -0.383 e. The molecule has 0 aliphatic carbocycles. The maximum absolute atomic E-state index is 10.00. The van der Waals surface area contributed by atoms with Crippen LogP contribution in [0.3, 0.4) is 0 Å². The van der Waals surface area contributed by atoms with Crippen LogP contribution >= 0.6 is 11.3 Å². The summed E-state index contributed by atoms with van der Waals surface area (Å²) in [5.74, 6) is 0. The largest absolute Gasteiger partial charge is 0.383 e. The van der Waals surface area contributed by atoms with Crippen LogP contribution < -0.4 is 5.32 Å². The highest BCUT2D eigenvalue weighted by molar-refractivity contribution is 7.15. The third kappa shape index (κ3) is 1.99. The molecular weight excluding hydrogens is 178 g/mol. The quantitative estimate of drug-likeness (QED) is 0.669. The second-order valence-electron chi connectivity index (χ2n) is 2.73.